The Kier molecular flexibility index (Phi) is 11.5. The van der Waals surface area contributed by atoms with Gasteiger partial charge in [0.1, 0.15) is 18.8 Å². The summed E-state index contributed by atoms with van der Waals surface area (Å²) in [7, 11) is 0. The number of aliphatic hydroxyl groups excluding tert-OH is 1. The van der Waals surface area contributed by atoms with Crippen LogP contribution in [-0.4, -0.2) is 88.3 Å². The van der Waals surface area contributed by atoms with E-state index in [4.69, 9.17) is 19.2 Å². The number of likely N-dealkylation sites (tertiary alicyclic amines) is 1. The summed E-state index contributed by atoms with van der Waals surface area (Å²) in [5, 5.41) is 19.4. The number of benzene rings is 1. The van der Waals surface area contributed by atoms with Gasteiger partial charge in [-0.3, -0.25) is 19.2 Å². The number of hydrogen-bond donors (Lipinski definition) is 4. The van der Waals surface area contributed by atoms with Crippen LogP contribution in [0.3, 0.4) is 0 Å². The van der Waals surface area contributed by atoms with Gasteiger partial charge in [-0.05, 0) is 74.3 Å². The van der Waals surface area contributed by atoms with Crippen molar-refractivity contribution < 1.29 is 43.5 Å². The van der Waals surface area contributed by atoms with Gasteiger partial charge in [0.15, 0.2) is 0 Å². The number of nitrogens with one attached hydrogen (secondary N) is 3. The highest BCUT2D eigenvalue weighted by Gasteiger charge is 2.71. The summed E-state index contributed by atoms with van der Waals surface area (Å²) >= 11 is 1.58. The average Bonchev–Trinajstić information content (AvgIpc) is 3.91. The van der Waals surface area contributed by atoms with Crippen LogP contribution >= 0.6 is 11.3 Å². The highest BCUT2D eigenvalue weighted by Crippen LogP contribution is 2.67. The van der Waals surface area contributed by atoms with Crippen molar-refractivity contribution in [2.45, 2.75) is 141 Å². The zero-order valence-corrected chi connectivity index (χ0v) is 35.0. The number of aryl methyl sites for hydroxylation is 1. The second-order valence-electron chi connectivity index (χ2n) is 18.8. The summed E-state index contributed by atoms with van der Waals surface area (Å²) in [6.07, 6.45) is 8.40. The lowest BCUT2D eigenvalue weighted by Gasteiger charge is -2.61. The minimum atomic E-state index is -0.950. The summed E-state index contributed by atoms with van der Waals surface area (Å²) in [5.74, 6) is -1.96. The maximum atomic E-state index is 14.0. The summed E-state index contributed by atoms with van der Waals surface area (Å²) in [4.78, 5) is 73.4. The number of carbonyl (C=O) groups is 4. The topological polar surface area (TPSA) is 178 Å². The average molecular weight is 822 g/mol. The van der Waals surface area contributed by atoms with Crippen LogP contribution in [-0.2, 0) is 45.0 Å². The number of ether oxygens (including phenoxy) is 2. The van der Waals surface area contributed by atoms with Gasteiger partial charge in [-0.2, -0.15) is 9.78 Å². The molecular formula is C43H59N5O9S. The Morgan fingerprint density at radius 3 is 2.40 bits per heavy atom. The zero-order valence-electron chi connectivity index (χ0n) is 34.2. The third-order valence-corrected chi connectivity index (χ3v) is 14.6. The van der Waals surface area contributed by atoms with E-state index in [1.807, 2.05) is 57.5 Å². The molecule has 58 heavy (non-hydrogen) atoms. The SMILES string of the molecule is Cc1ncsc1-c1ccc(CNC(=O)C2CC(O)CN2C(=O)C(NC(=O)CCOCNC(=O)C23CC4CC(C2)C2(OOC5(CCCCC5)O2)C(C4)C3)C(C)(C)C)cc1. The molecule has 316 valence electrons. The Morgan fingerprint density at radius 2 is 1.72 bits per heavy atom. The molecule has 1 aromatic carbocycles. The fraction of sp³-hybridized carbons (Fsp3) is 0.698. The van der Waals surface area contributed by atoms with Crippen molar-refractivity contribution in [3.05, 3.63) is 41.0 Å². The number of nitrogens with zero attached hydrogens (tertiary/aromatic N) is 2. The first-order valence-electron chi connectivity index (χ1n) is 21.2. The number of aromatic nitrogens is 1. The largest absolute Gasteiger partial charge is 0.391 e. The third kappa shape index (κ3) is 8.06. The molecule has 2 aromatic rings. The Labute approximate surface area is 344 Å². The molecule has 2 spiro atoms. The lowest BCUT2D eigenvalue weighted by Crippen LogP contribution is -2.65. The van der Waals surface area contributed by atoms with Gasteiger partial charge in [-0.1, -0.05) is 51.5 Å². The minimum absolute atomic E-state index is 0.00953. The molecule has 4 N–H and O–H groups in total. The van der Waals surface area contributed by atoms with E-state index in [9.17, 15) is 24.3 Å². The Balaban J connectivity index is 0.798. The molecule has 5 unspecified atom stereocenters. The number of aliphatic hydroxyl groups is 1. The summed E-state index contributed by atoms with van der Waals surface area (Å²) in [6.45, 7) is 7.77. The first-order valence-corrected chi connectivity index (χ1v) is 22.1. The molecule has 15 heteroatoms. The van der Waals surface area contributed by atoms with Gasteiger partial charge in [-0.15, -0.1) is 11.3 Å². The van der Waals surface area contributed by atoms with Crippen LogP contribution in [0.2, 0.25) is 0 Å². The van der Waals surface area contributed by atoms with Crippen LogP contribution in [0.5, 0.6) is 0 Å². The summed E-state index contributed by atoms with van der Waals surface area (Å²) in [6, 6.07) is 6.06. The van der Waals surface area contributed by atoms with Crippen molar-refractivity contribution in [2.24, 2.45) is 28.6 Å². The van der Waals surface area contributed by atoms with Crippen molar-refractivity contribution in [2.75, 3.05) is 19.9 Å². The lowest BCUT2D eigenvalue weighted by atomic mass is 9.47. The molecule has 4 bridgehead atoms. The molecule has 14 nitrogen and oxygen atoms in total. The minimum Gasteiger partial charge on any atom is -0.391 e. The molecule has 7 aliphatic rings. The van der Waals surface area contributed by atoms with E-state index in [0.29, 0.717) is 18.8 Å². The van der Waals surface area contributed by atoms with Crippen LogP contribution in [0.25, 0.3) is 10.4 Å². The molecule has 2 aliphatic heterocycles. The molecule has 0 radical (unpaired) electrons. The molecule has 2 saturated heterocycles. The maximum Gasteiger partial charge on any atom is 0.246 e. The monoisotopic (exact) mass is 821 g/mol. The van der Waals surface area contributed by atoms with Gasteiger partial charge in [0.2, 0.25) is 35.2 Å². The van der Waals surface area contributed by atoms with Gasteiger partial charge in [0, 0.05) is 44.2 Å². The van der Waals surface area contributed by atoms with E-state index < -0.39 is 52.4 Å². The number of thiazole rings is 1. The quantitative estimate of drug-likeness (QED) is 0.131. The molecule has 3 heterocycles. The van der Waals surface area contributed by atoms with Gasteiger partial charge in [-0.25, -0.2) is 4.98 Å². The highest BCUT2D eigenvalue weighted by molar-refractivity contribution is 7.13. The van der Waals surface area contributed by atoms with Crippen LogP contribution in [0, 0.1) is 35.5 Å². The van der Waals surface area contributed by atoms with Crippen molar-refractivity contribution in [1.29, 1.82) is 0 Å². The van der Waals surface area contributed by atoms with E-state index in [0.717, 1.165) is 66.6 Å². The Bertz CT molecular complexity index is 1840. The molecular weight excluding hydrogens is 763 g/mol. The number of hydrogen-bond acceptors (Lipinski definition) is 11. The molecule has 5 aliphatic carbocycles. The first kappa shape index (κ1) is 41.3. The smallest absolute Gasteiger partial charge is 0.246 e. The van der Waals surface area contributed by atoms with Crippen LogP contribution in [0.4, 0.5) is 0 Å². The molecule has 5 saturated carbocycles. The predicted molar refractivity (Wildman–Crippen MR) is 213 cm³/mol. The van der Waals surface area contributed by atoms with Gasteiger partial charge < -0.3 is 35.4 Å². The molecule has 9 rings (SSSR count). The first-order chi connectivity index (χ1) is 27.7. The van der Waals surface area contributed by atoms with E-state index in [-0.39, 0.29) is 62.9 Å². The van der Waals surface area contributed by atoms with Crippen LogP contribution in [0.1, 0.15) is 109 Å². The number of rotatable bonds is 12. The normalized spacial score (nSPS) is 31.5. The lowest BCUT2D eigenvalue weighted by molar-refractivity contribution is -0.393. The Morgan fingerprint density at radius 1 is 1.00 bits per heavy atom. The van der Waals surface area contributed by atoms with Gasteiger partial charge in [0.25, 0.3) is 0 Å². The van der Waals surface area contributed by atoms with Gasteiger partial charge in [0.05, 0.1) is 40.6 Å². The van der Waals surface area contributed by atoms with Crippen LogP contribution in [0.15, 0.2) is 29.8 Å². The number of β-amino-alcohol motifs (C(OH)–C–C–N with tert-alkyl or cyclic N) is 1. The number of amides is 4. The van der Waals surface area contributed by atoms with Crippen molar-refractivity contribution in [1.82, 2.24) is 25.8 Å². The fourth-order valence-electron chi connectivity index (χ4n) is 10.8. The molecule has 5 atom stereocenters. The van der Waals surface area contributed by atoms with Crippen molar-refractivity contribution in [3.63, 3.8) is 0 Å². The third-order valence-electron chi connectivity index (χ3n) is 13.6. The summed E-state index contributed by atoms with van der Waals surface area (Å²) in [5.41, 5.74) is 3.55. The predicted octanol–water partition coefficient (Wildman–Crippen LogP) is 4.87. The van der Waals surface area contributed by atoms with E-state index >= 15 is 0 Å². The van der Waals surface area contributed by atoms with Crippen LogP contribution < -0.4 is 16.0 Å². The second kappa shape index (κ2) is 16.2. The van der Waals surface area contributed by atoms with E-state index in [1.165, 1.54) is 11.3 Å². The highest BCUT2D eigenvalue weighted by atomic mass is 32.1. The maximum absolute atomic E-state index is 14.0. The molecule has 4 amide bonds. The Hall–Kier alpha value is -3.47. The second-order valence-corrected chi connectivity index (χ2v) is 19.7. The van der Waals surface area contributed by atoms with E-state index in [1.54, 1.807) is 11.3 Å². The standard InChI is InChI=1S/C43H59N5O9S/c1-26-35(58-25-46-26)29-10-8-27(9-11-29)22-44-37(51)33-18-32(49)23-48(33)38(52)36(40(2,3)4)47-34(50)12-15-54-24-45-39(53)41-19-28-16-30(20-41)43(31(17-28)21-41)55-42(56-57-43)13-6-5-7-14-42/h8-11,25,28,30-33,36,49H,5-7,12-24H2,1-4H3,(H,44,51)(H,45,53)(H,47,50). The van der Waals surface area contributed by atoms with E-state index in [2.05, 4.69) is 20.9 Å². The van der Waals surface area contributed by atoms with Crippen molar-refractivity contribution in [3.8, 4) is 10.4 Å². The van der Waals surface area contributed by atoms with Gasteiger partial charge >= 0.3 is 0 Å². The molecule has 1 aromatic heterocycles. The van der Waals surface area contributed by atoms with Crippen molar-refractivity contribution >= 4 is 35.0 Å². The fourth-order valence-corrected chi connectivity index (χ4v) is 11.6. The zero-order chi connectivity index (χ0) is 40.9. The molecule has 7 fully saturated rings. The summed E-state index contributed by atoms with van der Waals surface area (Å²) < 4.78 is 12.5. The number of carbonyl (C=O) groups excluding carboxylic acids is 4.